The van der Waals surface area contributed by atoms with Crippen molar-refractivity contribution in [1.29, 1.82) is 0 Å². The van der Waals surface area contributed by atoms with Crippen molar-refractivity contribution in [2.45, 2.75) is 104 Å². The van der Waals surface area contributed by atoms with Gasteiger partial charge in [0.25, 0.3) is 0 Å². The fourth-order valence-corrected chi connectivity index (χ4v) is 3.71. The molecule has 1 nitrogen and oxygen atoms in total. The van der Waals surface area contributed by atoms with Crippen LogP contribution in [0.3, 0.4) is 0 Å². The quantitative estimate of drug-likeness (QED) is 0.102. The second kappa shape index (κ2) is 12.7. The molecule has 0 radical (unpaired) electrons. The van der Waals surface area contributed by atoms with Gasteiger partial charge in [0, 0.05) is 25.7 Å². The van der Waals surface area contributed by atoms with Crippen LogP contribution in [0.1, 0.15) is 32.6 Å². The zero-order valence-corrected chi connectivity index (χ0v) is 23.2. The van der Waals surface area contributed by atoms with Crippen molar-refractivity contribution < 1.29 is 119 Å². The van der Waals surface area contributed by atoms with Crippen LogP contribution in [0, 0.1) is 0 Å². The molecule has 0 heterocycles. The Hall–Kier alpha value is -1.86. The fourth-order valence-electron chi connectivity index (χ4n) is 3.71. The summed E-state index contributed by atoms with van der Waals surface area (Å²) in [5, 5.41) is 0. The zero-order valence-electron chi connectivity index (χ0n) is 23.2. The maximum absolute atomic E-state index is 14.0. The van der Waals surface area contributed by atoms with Gasteiger partial charge in [-0.3, -0.25) is 0 Å². The van der Waals surface area contributed by atoms with Gasteiger partial charge in [-0.15, -0.1) is 0 Å². The summed E-state index contributed by atoms with van der Waals surface area (Å²) in [6.45, 7) is -2.16. The van der Waals surface area contributed by atoms with E-state index in [1.807, 2.05) is 0 Å². The van der Waals surface area contributed by atoms with Crippen LogP contribution in [-0.2, 0) is 0 Å². The first-order valence-corrected chi connectivity index (χ1v) is 12.2. The minimum absolute atomic E-state index is 0.637. The van der Waals surface area contributed by atoms with Crippen LogP contribution >= 0.6 is 0 Å². The summed E-state index contributed by atoms with van der Waals surface area (Å²) in [6.07, 6.45) is -24.2. The van der Waals surface area contributed by atoms with Gasteiger partial charge < -0.3 is 4.48 Å². The van der Waals surface area contributed by atoms with Crippen molar-refractivity contribution in [2.75, 3.05) is 26.7 Å². The molecule has 0 bridgehead atoms. The number of halogens is 26. The summed E-state index contributed by atoms with van der Waals surface area (Å²) in [7, 11) is 0.686. The normalized spacial score (nSPS) is 16.5. The van der Waals surface area contributed by atoms with E-state index < -0.39 is 121 Å². The van der Waals surface area contributed by atoms with E-state index in [2.05, 4.69) is 0 Å². The highest BCUT2D eigenvalue weighted by Crippen LogP contribution is 2.62. The number of hydrogen-bond donors (Lipinski definition) is 0. The summed E-state index contributed by atoms with van der Waals surface area (Å²) < 4.78 is 342. The van der Waals surface area contributed by atoms with Crippen molar-refractivity contribution in [3.63, 3.8) is 0 Å². The van der Waals surface area contributed by atoms with Gasteiger partial charge in [-0.25, -0.2) is 0 Å². The van der Waals surface area contributed by atoms with Gasteiger partial charge in [0.1, 0.15) is 0 Å². The third-order valence-corrected chi connectivity index (χ3v) is 7.14. The standard InChI is InChI=1S/C21H20F26N/c1-3-48(2,8-4-6-10(22,23)12(26,27)14(30,31)16(34,35)18(38,39)20(42,43)44)9-5-7-11(24,25)13(28,29)15(32,33)17(36,37)19(40,41)21(45,46)47/h3-9H2,1-2H3/q+1. The van der Waals surface area contributed by atoms with Gasteiger partial charge in [0.05, 0.1) is 26.7 Å². The second-order valence-corrected chi connectivity index (χ2v) is 10.6. The lowest BCUT2D eigenvalue weighted by Gasteiger charge is -2.40. The number of hydrogen-bond acceptors (Lipinski definition) is 0. The van der Waals surface area contributed by atoms with E-state index in [1.54, 1.807) is 0 Å². The lowest BCUT2D eigenvalue weighted by atomic mass is 9.91. The predicted octanol–water partition coefficient (Wildman–Crippen LogP) is 10.5. The highest BCUT2D eigenvalue weighted by atomic mass is 19.4. The summed E-state index contributed by atoms with van der Waals surface area (Å²) in [5.74, 6) is -77.1. The molecule has 0 spiro atoms. The molecule has 0 aliphatic heterocycles. The highest BCUT2D eigenvalue weighted by Gasteiger charge is 2.92. The van der Waals surface area contributed by atoms with Gasteiger partial charge in [-0.2, -0.15) is 114 Å². The van der Waals surface area contributed by atoms with Crippen molar-refractivity contribution in [3.8, 4) is 0 Å². The molecular formula is C21H20F26N+. The van der Waals surface area contributed by atoms with Crippen molar-refractivity contribution in [2.24, 2.45) is 0 Å². The largest absolute Gasteiger partial charge is 0.460 e. The molecule has 0 aromatic heterocycles. The van der Waals surface area contributed by atoms with Crippen LogP contribution in [0.5, 0.6) is 0 Å². The topological polar surface area (TPSA) is 0 Å². The molecule has 0 aromatic carbocycles. The van der Waals surface area contributed by atoms with Gasteiger partial charge in [-0.1, -0.05) is 0 Å². The lowest BCUT2D eigenvalue weighted by Crippen LogP contribution is -2.70. The Kier molecular flexibility index (Phi) is 12.2. The van der Waals surface area contributed by atoms with E-state index >= 15 is 0 Å². The van der Waals surface area contributed by atoms with Gasteiger partial charge in [0.2, 0.25) is 0 Å². The molecule has 0 aliphatic rings. The Morgan fingerprint density at radius 1 is 0.333 bits per heavy atom. The molecule has 0 fully saturated rings. The Morgan fingerprint density at radius 2 is 0.542 bits per heavy atom. The first-order valence-electron chi connectivity index (χ1n) is 12.2. The molecule has 0 saturated heterocycles. The molecule has 0 unspecified atom stereocenters. The highest BCUT2D eigenvalue weighted by molar-refractivity contribution is 5.11. The molecular weight excluding hydrogens is 760 g/mol. The smallest absolute Gasteiger partial charge is 0.326 e. The van der Waals surface area contributed by atoms with Gasteiger partial charge in [0.15, 0.2) is 0 Å². The molecule has 0 saturated carbocycles. The van der Waals surface area contributed by atoms with E-state index in [-0.39, 0.29) is 0 Å². The molecule has 0 aliphatic carbocycles. The third kappa shape index (κ3) is 7.16. The van der Waals surface area contributed by atoms with Crippen LogP contribution in [0.15, 0.2) is 0 Å². The molecule has 0 rings (SSSR count). The van der Waals surface area contributed by atoms with Crippen molar-refractivity contribution >= 4 is 0 Å². The fraction of sp³-hybridized carbons (Fsp3) is 1.00. The molecule has 0 aromatic rings. The molecule has 0 N–H and O–H groups in total. The summed E-state index contributed by atoms with van der Waals surface area (Å²) in [5.41, 5.74) is 0. The SMILES string of the molecule is CC[N+](C)(CCCC(F)(F)C(F)(F)C(F)(F)C(F)(F)C(F)(F)C(F)(F)F)CCCC(F)(F)C(F)(F)C(F)(F)C(F)(F)C(F)(F)C(F)(F)F. The van der Waals surface area contributed by atoms with Crippen LogP contribution in [0.2, 0.25) is 0 Å². The molecule has 290 valence electrons. The molecule has 0 atom stereocenters. The average molecular weight is 780 g/mol. The van der Waals surface area contributed by atoms with Gasteiger partial charge >= 0.3 is 71.6 Å². The van der Waals surface area contributed by atoms with Crippen molar-refractivity contribution in [1.82, 2.24) is 0 Å². The number of nitrogens with zero attached hydrogens (tertiary/aromatic N) is 1. The van der Waals surface area contributed by atoms with E-state index in [0.717, 1.165) is 6.92 Å². The van der Waals surface area contributed by atoms with E-state index in [9.17, 15) is 114 Å². The first kappa shape index (κ1) is 46.1. The molecule has 27 heteroatoms. The number of quaternary nitrogens is 1. The van der Waals surface area contributed by atoms with E-state index in [4.69, 9.17) is 0 Å². The first-order chi connectivity index (χ1) is 20.5. The van der Waals surface area contributed by atoms with E-state index in [1.165, 1.54) is 0 Å². The van der Waals surface area contributed by atoms with Crippen LogP contribution in [0.25, 0.3) is 0 Å². The Labute approximate surface area is 250 Å². The molecule has 0 amide bonds. The average Bonchev–Trinajstić information content (AvgIpc) is 2.86. The summed E-state index contributed by atoms with van der Waals surface area (Å²) in [6, 6.07) is 0. The third-order valence-electron chi connectivity index (χ3n) is 7.14. The Morgan fingerprint density at radius 3 is 0.729 bits per heavy atom. The lowest BCUT2D eigenvalue weighted by molar-refractivity contribution is -0.908. The second-order valence-electron chi connectivity index (χ2n) is 10.6. The van der Waals surface area contributed by atoms with Gasteiger partial charge in [-0.05, 0) is 6.92 Å². The summed E-state index contributed by atoms with van der Waals surface area (Å²) >= 11 is 0. The Bertz CT molecular complexity index is 1000. The minimum atomic E-state index is -8.20. The minimum Gasteiger partial charge on any atom is -0.326 e. The van der Waals surface area contributed by atoms with Crippen LogP contribution in [0.4, 0.5) is 114 Å². The van der Waals surface area contributed by atoms with Crippen molar-refractivity contribution in [3.05, 3.63) is 0 Å². The predicted molar refractivity (Wildman–Crippen MR) is 107 cm³/mol. The van der Waals surface area contributed by atoms with Crippen LogP contribution < -0.4 is 0 Å². The number of rotatable bonds is 17. The maximum atomic E-state index is 14.0. The van der Waals surface area contributed by atoms with Crippen LogP contribution in [-0.4, -0.2) is 103 Å². The zero-order chi connectivity index (χ0) is 39.4. The number of alkyl halides is 26. The maximum Gasteiger partial charge on any atom is 0.460 e. The van der Waals surface area contributed by atoms with E-state index in [0.29, 0.717) is 7.05 Å². The monoisotopic (exact) mass is 780 g/mol. The molecule has 48 heavy (non-hydrogen) atoms. The summed E-state index contributed by atoms with van der Waals surface area (Å²) in [4.78, 5) is 0. The Balaban J connectivity index is 5.93.